The molecule has 0 aliphatic carbocycles. The molecule has 0 bridgehead atoms. The van der Waals surface area contributed by atoms with Gasteiger partial charge >= 0.3 is 0 Å². The minimum atomic E-state index is 0.112. The van der Waals surface area contributed by atoms with E-state index >= 15 is 0 Å². The second kappa shape index (κ2) is 4.85. The highest BCUT2D eigenvalue weighted by Crippen LogP contribution is 2.28. The minimum Gasteiger partial charge on any atom is -0.303 e. The fourth-order valence-electron chi connectivity index (χ4n) is 2.67. The number of hydrogen-bond donors (Lipinski definition) is 2. The zero-order chi connectivity index (χ0) is 13.4. The number of fused-ring (bicyclic) bond motifs is 1. The Balaban J connectivity index is 1.72. The van der Waals surface area contributed by atoms with Crippen molar-refractivity contribution in [1.82, 2.24) is 20.5 Å². The lowest BCUT2D eigenvalue weighted by Crippen LogP contribution is -2.31. The average molecular weight is 282 g/mol. The molecule has 0 saturated heterocycles. The van der Waals surface area contributed by atoms with Gasteiger partial charge in [0.25, 0.3) is 0 Å². The number of nitrogens with zero attached hydrogens (tertiary/aromatic N) is 2. The Hall–Kier alpha value is -1.98. The van der Waals surface area contributed by atoms with E-state index in [2.05, 4.69) is 44.8 Å². The summed E-state index contributed by atoms with van der Waals surface area (Å²) < 4.78 is 0. The third kappa shape index (κ3) is 1.95. The lowest BCUT2D eigenvalue weighted by molar-refractivity contribution is 0.545. The van der Waals surface area contributed by atoms with Crippen molar-refractivity contribution in [1.29, 1.82) is 0 Å². The van der Waals surface area contributed by atoms with Gasteiger partial charge in [0.15, 0.2) is 5.82 Å². The van der Waals surface area contributed by atoms with Crippen LogP contribution in [0.3, 0.4) is 0 Å². The SMILES string of the molecule is c1csc(-c2n[nH]c(C3NCCc4ccccc43)n2)c1. The van der Waals surface area contributed by atoms with E-state index in [-0.39, 0.29) is 6.04 Å². The van der Waals surface area contributed by atoms with E-state index in [1.165, 1.54) is 11.1 Å². The lowest BCUT2D eigenvalue weighted by Gasteiger charge is -2.24. The van der Waals surface area contributed by atoms with Crippen LogP contribution in [-0.4, -0.2) is 21.7 Å². The number of benzene rings is 1. The Bertz CT molecular complexity index is 717. The maximum absolute atomic E-state index is 4.66. The fraction of sp³-hybridized carbons (Fsp3) is 0.200. The normalized spacial score (nSPS) is 17.9. The average Bonchev–Trinajstić information content (AvgIpc) is 3.17. The summed E-state index contributed by atoms with van der Waals surface area (Å²) in [5, 5.41) is 13.0. The maximum Gasteiger partial charge on any atom is 0.191 e. The van der Waals surface area contributed by atoms with Crippen molar-refractivity contribution in [2.45, 2.75) is 12.5 Å². The fourth-order valence-corrected chi connectivity index (χ4v) is 3.33. The van der Waals surface area contributed by atoms with E-state index in [4.69, 9.17) is 0 Å². The number of nitrogens with one attached hydrogen (secondary N) is 2. The van der Waals surface area contributed by atoms with Crippen LogP contribution in [0.4, 0.5) is 0 Å². The zero-order valence-electron chi connectivity index (χ0n) is 10.8. The lowest BCUT2D eigenvalue weighted by atomic mass is 9.94. The maximum atomic E-state index is 4.66. The van der Waals surface area contributed by atoms with Gasteiger partial charge in [-0.05, 0) is 29.0 Å². The van der Waals surface area contributed by atoms with Gasteiger partial charge in [-0.1, -0.05) is 30.3 Å². The van der Waals surface area contributed by atoms with Gasteiger partial charge in [0, 0.05) is 6.54 Å². The Labute approximate surface area is 120 Å². The van der Waals surface area contributed by atoms with E-state index in [0.717, 1.165) is 29.5 Å². The van der Waals surface area contributed by atoms with Crippen LogP contribution in [0.15, 0.2) is 41.8 Å². The van der Waals surface area contributed by atoms with Crippen LogP contribution in [0, 0.1) is 0 Å². The largest absolute Gasteiger partial charge is 0.303 e. The van der Waals surface area contributed by atoms with E-state index in [9.17, 15) is 0 Å². The van der Waals surface area contributed by atoms with Crippen LogP contribution in [-0.2, 0) is 6.42 Å². The third-order valence-corrected chi connectivity index (χ3v) is 4.49. The van der Waals surface area contributed by atoms with Crippen molar-refractivity contribution in [3.8, 4) is 10.7 Å². The van der Waals surface area contributed by atoms with Crippen molar-refractivity contribution in [3.63, 3.8) is 0 Å². The van der Waals surface area contributed by atoms with Crippen molar-refractivity contribution in [2.24, 2.45) is 0 Å². The number of hydrogen-bond acceptors (Lipinski definition) is 4. The smallest absolute Gasteiger partial charge is 0.191 e. The van der Waals surface area contributed by atoms with Gasteiger partial charge < -0.3 is 5.32 Å². The number of aromatic nitrogens is 3. The highest BCUT2D eigenvalue weighted by Gasteiger charge is 2.24. The third-order valence-electron chi connectivity index (χ3n) is 3.63. The molecule has 1 aromatic carbocycles. The quantitative estimate of drug-likeness (QED) is 0.760. The van der Waals surface area contributed by atoms with Gasteiger partial charge in [-0.2, -0.15) is 5.10 Å². The molecule has 20 heavy (non-hydrogen) atoms. The van der Waals surface area contributed by atoms with Gasteiger partial charge in [-0.25, -0.2) is 4.98 Å². The van der Waals surface area contributed by atoms with Crippen LogP contribution in [0.5, 0.6) is 0 Å². The molecule has 2 aromatic heterocycles. The highest BCUT2D eigenvalue weighted by molar-refractivity contribution is 7.13. The van der Waals surface area contributed by atoms with Crippen LogP contribution in [0.1, 0.15) is 23.0 Å². The number of H-pyrrole nitrogens is 1. The number of rotatable bonds is 2. The summed E-state index contributed by atoms with van der Waals surface area (Å²) >= 11 is 1.66. The first kappa shape index (κ1) is 11.8. The monoisotopic (exact) mass is 282 g/mol. The molecule has 1 unspecified atom stereocenters. The first-order valence-electron chi connectivity index (χ1n) is 6.69. The van der Waals surface area contributed by atoms with Gasteiger partial charge in [0.2, 0.25) is 0 Å². The molecular weight excluding hydrogens is 268 g/mol. The predicted octanol–water partition coefficient (Wildman–Crippen LogP) is 2.77. The van der Waals surface area contributed by atoms with E-state index in [0.29, 0.717) is 0 Å². The Morgan fingerprint density at radius 3 is 3.00 bits per heavy atom. The summed E-state index contributed by atoms with van der Waals surface area (Å²) in [6.45, 7) is 0.969. The molecule has 4 rings (SSSR count). The summed E-state index contributed by atoms with van der Waals surface area (Å²) in [4.78, 5) is 5.75. The van der Waals surface area contributed by atoms with Gasteiger partial charge in [-0.15, -0.1) is 11.3 Å². The second-order valence-corrected chi connectivity index (χ2v) is 5.81. The Morgan fingerprint density at radius 1 is 1.15 bits per heavy atom. The van der Waals surface area contributed by atoms with Crippen molar-refractivity contribution in [2.75, 3.05) is 6.54 Å². The van der Waals surface area contributed by atoms with Crippen LogP contribution in [0.2, 0.25) is 0 Å². The standard InChI is InChI=1S/C15H14N4S/c1-2-5-11-10(4-1)7-8-16-13(11)15-17-14(18-19-15)12-6-3-9-20-12/h1-6,9,13,16H,7-8H2,(H,17,18,19). The number of aromatic amines is 1. The molecule has 3 heterocycles. The van der Waals surface area contributed by atoms with Crippen LogP contribution in [0.25, 0.3) is 10.7 Å². The number of thiophene rings is 1. The van der Waals surface area contributed by atoms with E-state index in [1.807, 2.05) is 17.5 Å². The summed E-state index contributed by atoms with van der Waals surface area (Å²) in [6.07, 6.45) is 1.07. The molecule has 0 spiro atoms. The molecule has 0 saturated carbocycles. The topological polar surface area (TPSA) is 53.6 Å². The van der Waals surface area contributed by atoms with Crippen LogP contribution < -0.4 is 5.32 Å². The second-order valence-electron chi connectivity index (χ2n) is 4.86. The molecule has 100 valence electrons. The predicted molar refractivity (Wildman–Crippen MR) is 79.7 cm³/mol. The Kier molecular flexibility index (Phi) is 2.86. The first-order chi connectivity index (χ1) is 9.92. The van der Waals surface area contributed by atoms with Gasteiger partial charge in [-0.3, -0.25) is 5.10 Å². The Morgan fingerprint density at radius 2 is 2.10 bits per heavy atom. The first-order valence-corrected chi connectivity index (χ1v) is 7.57. The zero-order valence-corrected chi connectivity index (χ0v) is 11.7. The molecule has 0 radical (unpaired) electrons. The molecule has 4 nitrogen and oxygen atoms in total. The molecule has 0 amide bonds. The van der Waals surface area contributed by atoms with Crippen molar-refractivity contribution < 1.29 is 0 Å². The summed E-state index contributed by atoms with van der Waals surface area (Å²) in [6, 6.07) is 12.7. The molecule has 1 atom stereocenters. The summed E-state index contributed by atoms with van der Waals surface area (Å²) in [5.41, 5.74) is 2.69. The van der Waals surface area contributed by atoms with Gasteiger partial charge in [0.05, 0.1) is 10.9 Å². The molecule has 0 fully saturated rings. The highest BCUT2D eigenvalue weighted by atomic mass is 32.1. The molecule has 3 aromatic rings. The van der Waals surface area contributed by atoms with Crippen LogP contribution >= 0.6 is 11.3 Å². The summed E-state index contributed by atoms with van der Waals surface area (Å²) in [7, 11) is 0. The van der Waals surface area contributed by atoms with Crippen molar-refractivity contribution >= 4 is 11.3 Å². The molecular formula is C15H14N4S. The minimum absolute atomic E-state index is 0.112. The molecule has 2 N–H and O–H groups in total. The van der Waals surface area contributed by atoms with Crippen molar-refractivity contribution in [3.05, 3.63) is 58.7 Å². The summed E-state index contributed by atoms with van der Waals surface area (Å²) in [5.74, 6) is 1.67. The van der Waals surface area contributed by atoms with E-state index in [1.54, 1.807) is 11.3 Å². The van der Waals surface area contributed by atoms with E-state index < -0.39 is 0 Å². The van der Waals surface area contributed by atoms with Gasteiger partial charge in [0.1, 0.15) is 5.82 Å². The molecule has 5 heteroatoms. The molecule has 1 aliphatic heterocycles. The molecule has 1 aliphatic rings.